The van der Waals surface area contributed by atoms with Crippen molar-refractivity contribution < 1.29 is 35.8 Å². The number of sulfonamides is 2. The standard InChI is InChI=1S/C30H33FN2O7S2/c1-21-18-33(22(2)20-34)42(37,38)30-15-14-24(13-12-23-8-7-9-25(16-23)39-4)17-27(30)40-28(21)19-32(3)41(35,36)29-11-6-5-10-26(29)31/h5-11,14-17,21-22,28,34H,18-20H2,1-4H3/t21-,22-,28-/m1/s1. The molecular weight excluding hydrogens is 583 g/mol. The Hall–Kier alpha value is -3.47. The summed E-state index contributed by atoms with van der Waals surface area (Å²) in [5.74, 6) is 5.26. The minimum absolute atomic E-state index is 0.00387. The van der Waals surface area contributed by atoms with Crippen LogP contribution in [0, 0.1) is 23.6 Å². The third kappa shape index (κ3) is 6.61. The van der Waals surface area contributed by atoms with Gasteiger partial charge in [0.25, 0.3) is 0 Å². The summed E-state index contributed by atoms with van der Waals surface area (Å²) >= 11 is 0. The van der Waals surface area contributed by atoms with Crippen LogP contribution in [-0.4, -0.2) is 76.6 Å². The zero-order valence-corrected chi connectivity index (χ0v) is 25.3. The highest BCUT2D eigenvalue weighted by Gasteiger charge is 2.39. The van der Waals surface area contributed by atoms with Crippen molar-refractivity contribution in [3.05, 3.63) is 83.7 Å². The summed E-state index contributed by atoms with van der Waals surface area (Å²) in [7, 11) is -5.46. The SMILES string of the molecule is COc1cccc(C#Cc2ccc3c(c2)O[C@H](CN(C)S(=O)(=O)c2ccccc2F)[C@H](C)CN([C@H](C)CO)S3(=O)=O)c1. The zero-order chi connectivity index (χ0) is 30.7. The Morgan fingerprint density at radius 3 is 2.48 bits per heavy atom. The van der Waals surface area contributed by atoms with E-state index < -0.39 is 55.4 Å². The van der Waals surface area contributed by atoms with Crippen molar-refractivity contribution in [2.45, 2.75) is 35.8 Å². The van der Waals surface area contributed by atoms with E-state index in [1.54, 1.807) is 45.2 Å². The summed E-state index contributed by atoms with van der Waals surface area (Å²) in [6, 6.07) is 15.9. The van der Waals surface area contributed by atoms with Crippen LogP contribution in [0.5, 0.6) is 11.5 Å². The van der Waals surface area contributed by atoms with Crippen LogP contribution in [0.3, 0.4) is 0 Å². The molecule has 3 aromatic rings. The van der Waals surface area contributed by atoms with Crippen molar-refractivity contribution in [2.24, 2.45) is 5.92 Å². The fourth-order valence-electron chi connectivity index (χ4n) is 4.54. The predicted molar refractivity (Wildman–Crippen MR) is 156 cm³/mol. The maximum absolute atomic E-state index is 14.4. The van der Waals surface area contributed by atoms with Crippen molar-refractivity contribution >= 4 is 20.0 Å². The van der Waals surface area contributed by atoms with Gasteiger partial charge in [0, 0.05) is 36.7 Å². The first-order chi connectivity index (χ1) is 19.9. The van der Waals surface area contributed by atoms with E-state index in [0.29, 0.717) is 16.9 Å². The van der Waals surface area contributed by atoms with E-state index in [1.165, 1.54) is 41.7 Å². The van der Waals surface area contributed by atoms with Crippen molar-refractivity contribution in [3.8, 4) is 23.3 Å². The van der Waals surface area contributed by atoms with Crippen LogP contribution >= 0.6 is 0 Å². The summed E-state index contributed by atoms with van der Waals surface area (Å²) in [6.07, 6.45) is -0.833. The lowest BCUT2D eigenvalue weighted by atomic mass is 10.0. The van der Waals surface area contributed by atoms with Gasteiger partial charge in [0.15, 0.2) is 0 Å². The van der Waals surface area contributed by atoms with Gasteiger partial charge in [-0.3, -0.25) is 0 Å². The Morgan fingerprint density at radius 2 is 1.81 bits per heavy atom. The molecule has 42 heavy (non-hydrogen) atoms. The number of fused-ring (bicyclic) bond motifs is 1. The van der Waals surface area contributed by atoms with Crippen LogP contribution < -0.4 is 9.47 Å². The number of hydrogen-bond acceptors (Lipinski definition) is 7. The summed E-state index contributed by atoms with van der Waals surface area (Å²) in [5, 5.41) is 9.86. The molecule has 0 saturated carbocycles. The van der Waals surface area contributed by atoms with Crippen molar-refractivity contribution in [1.82, 2.24) is 8.61 Å². The van der Waals surface area contributed by atoms with Crippen molar-refractivity contribution in [1.29, 1.82) is 0 Å². The van der Waals surface area contributed by atoms with Gasteiger partial charge in [0.2, 0.25) is 20.0 Å². The van der Waals surface area contributed by atoms with E-state index in [2.05, 4.69) is 11.8 Å². The maximum Gasteiger partial charge on any atom is 0.247 e. The normalized spacial score (nSPS) is 19.4. The molecule has 0 unspecified atom stereocenters. The fraction of sp³-hybridized carbons (Fsp3) is 0.333. The van der Waals surface area contributed by atoms with Gasteiger partial charge in [0.05, 0.1) is 20.3 Å². The Bertz CT molecular complexity index is 1720. The third-order valence-corrected chi connectivity index (χ3v) is 10.9. The highest BCUT2D eigenvalue weighted by atomic mass is 32.2. The molecule has 0 bridgehead atoms. The van der Waals surface area contributed by atoms with Gasteiger partial charge in [-0.1, -0.05) is 37.0 Å². The molecular formula is C30H33FN2O7S2. The molecule has 4 rings (SSSR count). The Labute approximate surface area is 246 Å². The van der Waals surface area contributed by atoms with Gasteiger partial charge in [0.1, 0.15) is 33.2 Å². The highest BCUT2D eigenvalue weighted by molar-refractivity contribution is 7.89. The number of likely N-dealkylation sites (N-methyl/N-ethyl adjacent to an activating group) is 1. The molecule has 1 aliphatic rings. The molecule has 0 saturated heterocycles. The molecule has 0 fully saturated rings. The second-order valence-electron chi connectivity index (χ2n) is 10.1. The summed E-state index contributed by atoms with van der Waals surface area (Å²) < 4.78 is 82.0. The van der Waals surface area contributed by atoms with Gasteiger partial charge in [-0.05, 0) is 55.5 Å². The molecule has 1 N–H and O–H groups in total. The molecule has 3 atom stereocenters. The number of halogens is 1. The van der Waals surface area contributed by atoms with Crippen LogP contribution in [0.25, 0.3) is 0 Å². The van der Waals surface area contributed by atoms with Crippen LogP contribution in [0.1, 0.15) is 25.0 Å². The molecule has 3 aromatic carbocycles. The molecule has 0 amide bonds. The van der Waals surface area contributed by atoms with Gasteiger partial charge < -0.3 is 14.6 Å². The monoisotopic (exact) mass is 616 g/mol. The molecule has 0 spiro atoms. The van der Waals surface area contributed by atoms with E-state index >= 15 is 0 Å². The minimum atomic E-state index is -4.23. The molecule has 9 nitrogen and oxygen atoms in total. The average Bonchev–Trinajstić information content (AvgIpc) is 2.97. The van der Waals surface area contributed by atoms with E-state index in [4.69, 9.17) is 9.47 Å². The first-order valence-corrected chi connectivity index (χ1v) is 16.1. The average molecular weight is 617 g/mol. The Balaban J connectivity index is 1.75. The minimum Gasteiger partial charge on any atom is -0.497 e. The number of aliphatic hydroxyl groups is 1. The van der Waals surface area contributed by atoms with Crippen molar-refractivity contribution in [3.63, 3.8) is 0 Å². The Kier molecular flexibility index (Phi) is 9.60. The number of hydrogen-bond donors (Lipinski definition) is 1. The van der Waals surface area contributed by atoms with Gasteiger partial charge in [-0.15, -0.1) is 0 Å². The Morgan fingerprint density at radius 1 is 1.12 bits per heavy atom. The lowest BCUT2D eigenvalue weighted by molar-refractivity contribution is 0.0904. The van der Waals surface area contributed by atoms with Gasteiger partial charge in [-0.2, -0.15) is 8.61 Å². The topological polar surface area (TPSA) is 113 Å². The summed E-state index contributed by atoms with van der Waals surface area (Å²) in [6.45, 7) is 2.67. The molecule has 12 heteroatoms. The van der Waals surface area contributed by atoms with Crippen LogP contribution in [-0.2, 0) is 20.0 Å². The number of nitrogens with zero attached hydrogens (tertiary/aromatic N) is 2. The largest absolute Gasteiger partial charge is 0.497 e. The third-order valence-electron chi connectivity index (χ3n) is 7.05. The molecule has 224 valence electrons. The quantitative estimate of drug-likeness (QED) is 0.405. The molecule has 0 aliphatic carbocycles. The number of ether oxygens (including phenoxy) is 2. The molecule has 0 radical (unpaired) electrons. The lowest BCUT2D eigenvalue weighted by Gasteiger charge is -2.37. The van der Waals surface area contributed by atoms with Gasteiger partial charge >= 0.3 is 0 Å². The predicted octanol–water partition coefficient (Wildman–Crippen LogP) is 3.32. The summed E-state index contributed by atoms with van der Waals surface area (Å²) in [4.78, 5) is -0.606. The number of benzene rings is 3. The second-order valence-corrected chi connectivity index (χ2v) is 14.0. The highest BCUT2D eigenvalue weighted by Crippen LogP contribution is 2.34. The van der Waals surface area contributed by atoms with Crippen molar-refractivity contribution in [2.75, 3.05) is 33.9 Å². The first-order valence-electron chi connectivity index (χ1n) is 13.2. The first kappa shape index (κ1) is 31.5. The molecule has 1 aliphatic heterocycles. The van der Waals surface area contributed by atoms with Crippen LogP contribution in [0.15, 0.2) is 76.5 Å². The number of methoxy groups -OCH3 is 1. The number of rotatable bonds is 7. The zero-order valence-electron chi connectivity index (χ0n) is 23.7. The van der Waals surface area contributed by atoms with E-state index in [-0.39, 0.29) is 23.7 Å². The van der Waals surface area contributed by atoms with Crippen LogP contribution in [0.2, 0.25) is 0 Å². The number of aliphatic hydroxyl groups excluding tert-OH is 1. The summed E-state index contributed by atoms with van der Waals surface area (Å²) in [5.41, 5.74) is 1.15. The fourth-order valence-corrected chi connectivity index (χ4v) is 7.61. The van der Waals surface area contributed by atoms with Crippen LogP contribution in [0.4, 0.5) is 4.39 Å². The maximum atomic E-state index is 14.4. The van der Waals surface area contributed by atoms with Gasteiger partial charge in [-0.25, -0.2) is 21.2 Å². The second kappa shape index (κ2) is 12.8. The van der Waals surface area contributed by atoms with E-state index in [1.807, 2.05) is 6.07 Å². The lowest BCUT2D eigenvalue weighted by Crippen LogP contribution is -2.50. The molecule has 1 heterocycles. The molecule has 0 aromatic heterocycles. The smallest absolute Gasteiger partial charge is 0.247 e. The van der Waals surface area contributed by atoms with E-state index in [0.717, 1.165) is 10.4 Å². The van der Waals surface area contributed by atoms with E-state index in [9.17, 15) is 26.3 Å².